The van der Waals surface area contributed by atoms with Gasteiger partial charge in [-0.05, 0) is 6.92 Å². The van der Waals surface area contributed by atoms with E-state index in [1.54, 1.807) is 6.07 Å². The van der Waals surface area contributed by atoms with Gasteiger partial charge in [0.05, 0.1) is 18.2 Å². The number of rotatable bonds is 4. The molecule has 1 aromatic heterocycles. The van der Waals surface area contributed by atoms with Crippen LogP contribution in [0.4, 0.5) is 0 Å². The molecule has 4 heteroatoms. The molecular formula is C9H13ClN2O. The summed E-state index contributed by atoms with van der Waals surface area (Å²) in [5, 5.41) is 0. The van der Waals surface area contributed by atoms with Crippen molar-refractivity contribution in [1.29, 1.82) is 0 Å². The van der Waals surface area contributed by atoms with E-state index in [2.05, 4.69) is 9.97 Å². The molecule has 0 saturated heterocycles. The summed E-state index contributed by atoms with van der Waals surface area (Å²) in [7, 11) is 0. The third kappa shape index (κ3) is 2.84. The maximum atomic E-state index is 5.68. The molecule has 0 aliphatic carbocycles. The molecule has 1 aromatic rings. The smallest absolute Gasteiger partial charge is 0.216 e. The fourth-order valence-corrected chi connectivity index (χ4v) is 1.11. The topological polar surface area (TPSA) is 35.0 Å². The molecule has 0 atom stereocenters. The van der Waals surface area contributed by atoms with Crippen LogP contribution in [-0.4, -0.2) is 16.6 Å². The fraction of sp³-hybridized carbons (Fsp3) is 0.556. The maximum Gasteiger partial charge on any atom is 0.216 e. The van der Waals surface area contributed by atoms with Crippen molar-refractivity contribution >= 4 is 11.6 Å². The molecule has 3 nitrogen and oxygen atoms in total. The summed E-state index contributed by atoms with van der Waals surface area (Å²) in [6, 6.07) is 1.77. The lowest BCUT2D eigenvalue weighted by molar-refractivity contribution is 0.324. The Bertz CT molecular complexity index is 256. The Hall–Kier alpha value is -0.830. The van der Waals surface area contributed by atoms with E-state index < -0.39 is 0 Å². The number of hydrogen-bond acceptors (Lipinski definition) is 3. The van der Waals surface area contributed by atoms with E-state index >= 15 is 0 Å². The molecule has 0 aromatic carbocycles. The van der Waals surface area contributed by atoms with E-state index in [1.165, 1.54) is 0 Å². The highest BCUT2D eigenvalue weighted by atomic mass is 35.5. The molecule has 0 radical (unpaired) electrons. The highest BCUT2D eigenvalue weighted by molar-refractivity contribution is 6.16. The summed E-state index contributed by atoms with van der Waals surface area (Å²) in [6.45, 7) is 4.54. The summed E-state index contributed by atoms with van der Waals surface area (Å²) in [6.07, 6.45) is 0.796. The number of halogens is 1. The van der Waals surface area contributed by atoms with Crippen molar-refractivity contribution in [2.45, 2.75) is 26.1 Å². The fourth-order valence-electron chi connectivity index (χ4n) is 0.973. The van der Waals surface area contributed by atoms with Crippen LogP contribution in [0.15, 0.2) is 6.07 Å². The van der Waals surface area contributed by atoms with Gasteiger partial charge in [-0.15, -0.1) is 11.6 Å². The minimum absolute atomic E-state index is 0.398. The van der Waals surface area contributed by atoms with Crippen molar-refractivity contribution in [3.8, 4) is 5.88 Å². The van der Waals surface area contributed by atoms with Crippen LogP contribution in [0.25, 0.3) is 0 Å². The van der Waals surface area contributed by atoms with Gasteiger partial charge in [-0.2, -0.15) is 4.98 Å². The highest BCUT2D eigenvalue weighted by Gasteiger charge is 2.02. The van der Waals surface area contributed by atoms with Gasteiger partial charge in [0.1, 0.15) is 5.82 Å². The van der Waals surface area contributed by atoms with E-state index in [1.807, 2.05) is 13.8 Å². The molecule has 13 heavy (non-hydrogen) atoms. The number of aromatic nitrogens is 2. The Morgan fingerprint density at radius 1 is 1.38 bits per heavy atom. The minimum Gasteiger partial charge on any atom is -0.478 e. The SMILES string of the molecule is CCOc1cc(CCl)nc(CC)n1. The molecule has 1 heterocycles. The van der Waals surface area contributed by atoms with Crippen molar-refractivity contribution in [2.24, 2.45) is 0 Å². The zero-order valence-electron chi connectivity index (χ0n) is 7.88. The third-order valence-corrected chi connectivity index (χ3v) is 1.82. The number of ether oxygens (including phenoxy) is 1. The zero-order valence-corrected chi connectivity index (χ0v) is 8.64. The first-order valence-electron chi connectivity index (χ1n) is 4.35. The second-order valence-electron chi connectivity index (χ2n) is 2.53. The zero-order chi connectivity index (χ0) is 9.68. The van der Waals surface area contributed by atoms with Crippen LogP contribution >= 0.6 is 11.6 Å². The number of aryl methyl sites for hydroxylation is 1. The van der Waals surface area contributed by atoms with Gasteiger partial charge in [0, 0.05) is 12.5 Å². The van der Waals surface area contributed by atoms with Crippen LogP contribution in [-0.2, 0) is 12.3 Å². The Morgan fingerprint density at radius 2 is 2.15 bits per heavy atom. The van der Waals surface area contributed by atoms with E-state index in [-0.39, 0.29) is 0 Å². The first-order valence-corrected chi connectivity index (χ1v) is 4.89. The second-order valence-corrected chi connectivity index (χ2v) is 2.80. The first kappa shape index (κ1) is 10.3. The Balaban J connectivity index is 2.93. The number of nitrogens with zero attached hydrogens (tertiary/aromatic N) is 2. The molecule has 0 aliphatic rings. The Kier molecular flexibility index (Phi) is 3.96. The Labute approximate surface area is 83.1 Å². The van der Waals surface area contributed by atoms with E-state index in [9.17, 15) is 0 Å². The third-order valence-electron chi connectivity index (χ3n) is 1.55. The summed E-state index contributed by atoms with van der Waals surface area (Å²) in [5.74, 6) is 1.79. The molecule has 0 bridgehead atoms. The van der Waals surface area contributed by atoms with Crippen molar-refractivity contribution in [1.82, 2.24) is 9.97 Å². The van der Waals surface area contributed by atoms with Gasteiger partial charge in [-0.1, -0.05) is 6.92 Å². The van der Waals surface area contributed by atoms with Gasteiger partial charge in [-0.25, -0.2) is 4.98 Å². The van der Waals surface area contributed by atoms with Crippen LogP contribution in [0.1, 0.15) is 25.4 Å². The predicted molar refractivity (Wildman–Crippen MR) is 52.1 cm³/mol. The van der Waals surface area contributed by atoms with Crippen molar-refractivity contribution < 1.29 is 4.74 Å². The molecule has 1 rings (SSSR count). The molecule has 72 valence electrons. The molecule has 0 unspecified atom stereocenters. The van der Waals surface area contributed by atoms with Crippen molar-refractivity contribution in [2.75, 3.05) is 6.61 Å². The Morgan fingerprint density at radius 3 is 2.69 bits per heavy atom. The van der Waals surface area contributed by atoms with E-state index in [0.29, 0.717) is 18.4 Å². The monoisotopic (exact) mass is 200 g/mol. The molecule has 0 N–H and O–H groups in total. The maximum absolute atomic E-state index is 5.68. The lowest BCUT2D eigenvalue weighted by atomic mass is 10.4. The summed E-state index contributed by atoms with van der Waals surface area (Å²) in [5.41, 5.74) is 0.817. The standard InChI is InChI=1S/C9H13ClN2O/c1-3-8-11-7(6-10)5-9(12-8)13-4-2/h5H,3-4,6H2,1-2H3. The van der Waals surface area contributed by atoms with Crippen molar-refractivity contribution in [3.63, 3.8) is 0 Å². The van der Waals surface area contributed by atoms with Gasteiger partial charge >= 0.3 is 0 Å². The quantitative estimate of drug-likeness (QED) is 0.699. The summed E-state index contributed by atoms with van der Waals surface area (Å²) in [4.78, 5) is 8.43. The van der Waals surface area contributed by atoms with Gasteiger partial charge in [0.2, 0.25) is 5.88 Å². The van der Waals surface area contributed by atoms with Crippen molar-refractivity contribution in [3.05, 3.63) is 17.6 Å². The second kappa shape index (κ2) is 5.02. The van der Waals surface area contributed by atoms with E-state index in [0.717, 1.165) is 17.9 Å². The number of hydrogen-bond donors (Lipinski definition) is 0. The van der Waals surface area contributed by atoms with Gasteiger partial charge in [0.25, 0.3) is 0 Å². The van der Waals surface area contributed by atoms with E-state index in [4.69, 9.17) is 16.3 Å². The average molecular weight is 201 g/mol. The van der Waals surface area contributed by atoms with Crippen LogP contribution in [0.5, 0.6) is 5.88 Å². The molecule has 0 aliphatic heterocycles. The number of alkyl halides is 1. The summed E-state index contributed by atoms with van der Waals surface area (Å²) < 4.78 is 5.28. The van der Waals surface area contributed by atoms with Gasteiger partial charge in [0.15, 0.2) is 0 Å². The molecular weight excluding hydrogens is 188 g/mol. The first-order chi connectivity index (χ1) is 6.30. The summed E-state index contributed by atoms with van der Waals surface area (Å²) >= 11 is 5.68. The molecule has 0 fully saturated rings. The highest BCUT2D eigenvalue weighted by Crippen LogP contribution is 2.11. The predicted octanol–water partition coefficient (Wildman–Crippen LogP) is 2.18. The lowest BCUT2D eigenvalue weighted by Gasteiger charge is -2.05. The molecule has 0 amide bonds. The van der Waals surface area contributed by atoms with Crippen LogP contribution < -0.4 is 4.74 Å². The largest absolute Gasteiger partial charge is 0.478 e. The van der Waals surface area contributed by atoms with Gasteiger partial charge < -0.3 is 4.74 Å². The van der Waals surface area contributed by atoms with Crippen LogP contribution in [0.2, 0.25) is 0 Å². The minimum atomic E-state index is 0.398. The lowest BCUT2D eigenvalue weighted by Crippen LogP contribution is -2.01. The average Bonchev–Trinajstić information content (AvgIpc) is 2.17. The van der Waals surface area contributed by atoms with Crippen LogP contribution in [0.3, 0.4) is 0 Å². The molecule has 0 spiro atoms. The van der Waals surface area contributed by atoms with Gasteiger partial charge in [-0.3, -0.25) is 0 Å². The van der Waals surface area contributed by atoms with Crippen LogP contribution in [0, 0.1) is 0 Å². The normalized spacial score (nSPS) is 10.1. The molecule has 0 saturated carbocycles.